The Balaban J connectivity index is 0.00000289. The maximum Gasteiger partial charge on any atom is 0.194 e. The van der Waals surface area contributed by atoms with Gasteiger partial charge in [-0.1, -0.05) is 18.1 Å². The summed E-state index contributed by atoms with van der Waals surface area (Å²) in [6, 6.07) is 6.25. The number of anilines is 1. The fourth-order valence-corrected chi connectivity index (χ4v) is 4.19. The van der Waals surface area contributed by atoms with Crippen molar-refractivity contribution < 1.29 is 4.52 Å². The van der Waals surface area contributed by atoms with Crippen molar-refractivity contribution in [1.82, 2.24) is 25.3 Å². The molecule has 0 atom stereocenters. The summed E-state index contributed by atoms with van der Waals surface area (Å²) in [5, 5.41) is 7.47. The van der Waals surface area contributed by atoms with Gasteiger partial charge in [-0.15, -0.1) is 24.0 Å². The van der Waals surface area contributed by atoms with Gasteiger partial charge in [0.25, 0.3) is 0 Å². The quantitative estimate of drug-likeness (QED) is 0.335. The molecule has 0 spiro atoms. The van der Waals surface area contributed by atoms with Crippen LogP contribution in [0.2, 0.25) is 0 Å². The summed E-state index contributed by atoms with van der Waals surface area (Å²) in [6.45, 7) is 12.9. The summed E-state index contributed by atoms with van der Waals surface area (Å²) in [6.07, 6.45) is 6.13. The van der Waals surface area contributed by atoms with E-state index < -0.39 is 0 Å². The molecule has 0 aromatic carbocycles. The number of aromatic nitrogens is 2. The van der Waals surface area contributed by atoms with Crippen LogP contribution in [0.1, 0.15) is 37.9 Å². The second-order valence-corrected chi connectivity index (χ2v) is 8.62. The summed E-state index contributed by atoms with van der Waals surface area (Å²) in [4.78, 5) is 16.8. The molecule has 2 saturated heterocycles. The number of hydrogen-bond donors (Lipinski definition) is 1. The van der Waals surface area contributed by atoms with E-state index in [1.807, 2.05) is 12.3 Å². The smallest absolute Gasteiger partial charge is 0.194 e. The van der Waals surface area contributed by atoms with E-state index in [-0.39, 0.29) is 24.0 Å². The Bertz CT molecular complexity index is 811. The lowest BCUT2D eigenvalue weighted by Crippen LogP contribution is -2.52. The van der Waals surface area contributed by atoms with Gasteiger partial charge in [-0.3, -0.25) is 4.90 Å². The van der Waals surface area contributed by atoms with Crippen LogP contribution in [0.15, 0.2) is 40.2 Å². The van der Waals surface area contributed by atoms with Crippen molar-refractivity contribution in [2.75, 3.05) is 50.7 Å². The molecular formula is C23H36IN7O. The maximum absolute atomic E-state index is 4.94. The molecule has 4 heterocycles. The molecule has 0 saturated carbocycles. The molecule has 0 amide bonds. The second-order valence-electron chi connectivity index (χ2n) is 8.62. The van der Waals surface area contributed by atoms with E-state index in [2.05, 4.69) is 51.2 Å². The molecule has 0 unspecified atom stereocenters. The summed E-state index contributed by atoms with van der Waals surface area (Å²) in [7, 11) is 0. The third-order valence-corrected chi connectivity index (χ3v) is 6.21. The summed E-state index contributed by atoms with van der Waals surface area (Å²) in [5.41, 5.74) is 2.14. The molecule has 2 aliphatic heterocycles. The molecule has 2 aliphatic rings. The normalized spacial score (nSPS) is 18.5. The molecule has 1 N–H and O–H groups in total. The molecule has 2 aromatic heterocycles. The van der Waals surface area contributed by atoms with Crippen LogP contribution in [0.3, 0.4) is 0 Å². The first-order chi connectivity index (χ1) is 15.2. The third kappa shape index (κ3) is 6.81. The van der Waals surface area contributed by atoms with Crippen LogP contribution in [-0.2, 0) is 13.1 Å². The Morgan fingerprint density at radius 2 is 1.91 bits per heavy atom. The van der Waals surface area contributed by atoms with E-state index in [4.69, 9.17) is 14.5 Å². The van der Waals surface area contributed by atoms with Crippen molar-refractivity contribution in [3.63, 3.8) is 0 Å². The monoisotopic (exact) mass is 553 g/mol. The van der Waals surface area contributed by atoms with Crippen LogP contribution in [0.5, 0.6) is 0 Å². The Labute approximate surface area is 208 Å². The zero-order valence-electron chi connectivity index (χ0n) is 19.2. The van der Waals surface area contributed by atoms with Gasteiger partial charge >= 0.3 is 0 Å². The molecule has 2 fully saturated rings. The topological polar surface area (TPSA) is 73.0 Å². The summed E-state index contributed by atoms with van der Waals surface area (Å²) in [5.74, 6) is 2.91. The molecular weight excluding hydrogens is 517 g/mol. The molecule has 4 rings (SSSR count). The van der Waals surface area contributed by atoms with Gasteiger partial charge in [0.2, 0.25) is 0 Å². The van der Waals surface area contributed by atoms with Gasteiger partial charge in [-0.05, 0) is 37.3 Å². The SMILES string of the molecule is CCNC(=NCc1ccc(N2CCC(C)CC2)nc1)N1CCN(Cc2ccon2)CC1.I. The standard InChI is InChI=1S/C23H35N7O.HI/c1-3-24-23(30-13-11-28(12-14-30)18-21-8-15-31-27-21)26-17-20-4-5-22(25-16-20)29-9-6-19(2)7-10-29;/h4-5,8,15-16,19H,3,6-7,9-14,17-18H2,1-2H3,(H,24,26);1H. The van der Waals surface area contributed by atoms with Crippen molar-refractivity contribution in [3.05, 3.63) is 41.9 Å². The summed E-state index contributed by atoms with van der Waals surface area (Å²) < 4.78 is 4.94. The van der Waals surface area contributed by atoms with E-state index in [0.717, 1.165) is 81.3 Å². The molecule has 0 radical (unpaired) electrons. The maximum atomic E-state index is 4.94. The molecule has 9 heteroatoms. The summed E-state index contributed by atoms with van der Waals surface area (Å²) >= 11 is 0. The highest BCUT2D eigenvalue weighted by molar-refractivity contribution is 14.0. The van der Waals surface area contributed by atoms with Gasteiger partial charge in [0.05, 0.1) is 12.2 Å². The Morgan fingerprint density at radius 3 is 2.53 bits per heavy atom. The fourth-order valence-electron chi connectivity index (χ4n) is 4.19. The Kier molecular flexibility index (Phi) is 9.58. The van der Waals surface area contributed by atoms with Gasteiger partial charge in [0.1, 0.15) is 12.1 Å². The average Bonchev–Trinajstić information content (AvgIpc) is 3.31. The first kappa shape index (κ1) is 24.8. The lowest BCUT2D eigenvalue weighted by atomic mass is 9.99. The van der Waals surface area contributed by atoms with E-state index in [9.17, 15) is 0 Å². The number of pyridine rings is 1. The van der Waals surface area contributed by atoms with Gasteiger partial charge < -0.3 is 19.6 Å². The highest BCUT2D eigenvalue weighted by atomic mass is 127. The number of aliphatic imine (C=N–C) groups is 1. The molecule has 176 valence electrons. The number of piperidine rings is 1. The van der Waals surface area contributed by atoms with Crippen molar-refractivity contribution in [2.45, 2.75) is 39.8 Å². The van der Waals surface area contributed by atoms with Crippen molar-refractivity contribution in [3.8, 4) is 0 Å². The average molecular weight is 553 g/mol. The number of hydrogen-bond acceptors (Lipinski definition) is 6. The predicted octanol–water partition coefficient (Wildman–Crippen LogP) is 3.21. The predicted molar refractivity (Wildman–Crippen MR) is 138 cm³/mol. The van der Waals surface area contributed by atoms with Gasteiger partial charge in [0, 0.05) is 64.6 Å². The third-order valence-electron chi connectivity index (χ3n) is 6.21. The number of nitrogens with one attached hydrogen (secondary N) is 1. The van der Waals surface area contributed by atoms with Gasteiger partial charge in [-0.25, -0.2) is 9.98 Å². The minimum absolute atomic E-state index is 0. The molecule has 8 nitrogen and oxygen atoms in total. The fraction of sp³-hybridized carbons (Fsp3) is 0.609. The number of guanidine groups is 1. The lowest BCUT2D eigenvalue weighted by Gasteiger charge is -2.36. The Morgan fingerprint density at radius 1 is 1.12 bits per heavy atom. The molecule has 2 aromatic rings. The van der Waals surface area contributed by atoms with Crippen molar-refractivity contribution in [1.29, 1.82) is 0 Å². The van der Waals surface area contributed by atoms with Crippen LogP contribution in [0.25, 0.3) is 0 Å². The Hall–Kier alpha value is -1.88. The number of halogens is 1. The number of piperazine rings is 1. The first-order valence-corrected chi connectivity index (χ1v) is 11.6. The van der Waals surface area contributed by atoms with E-state index in [0.29, 0.717) is 6.54 Å². The molecule has 0 aliphatic carbocycles. The second kappa shape index (κ2) is 12.4. The van der Waals surface area contributed by atoms with Gasteiger partial charge in [-0.2, -0.15) is 0 Å². The van der Waals surface area contributed by atoms with Gasteiger partial charge in [0.15, 0.2) is 5.96 Å². The highest BCUT2D eigenvalue weighted by Gasteiger charge is 2.20. The number of nitrogens with zero attached hydrogens (tertiary/aromatic N) is 6. The highest BCUT2D eigenvalue weighted by Crippen LogP contribution is 2.21. The zero-order valence-corrected chi connectivity index (χ0v) is 21.6. The lowest BCUT2D eigenvalue weighted by molar-refractivity contribution is 0.169. The minimum atomic E-state index is 0. The largest absolute Gasteiger partial charge is 0.364 e. The molecule has 32 heavy (non-hydrogen) atoms. The van der Waals surface area contributed by atoms with Crippen LogP contribution in [0, 0.1) is 5.92 Å². The van der Waals surface area contributed by atoms with E-state index in [1.54, 1.807) is 6.26 Å². The molecule has 0 bridgehead atoms. The van der Waals surface area contributed by atoms with Crippen LogP contribution >= 0.6 is 24.0 Å². The van der Waals surface area contributed by atoms with Crippen LogP contribution in [-0.4, -0.2) is 71.7 Å². The van der Waals surface area contributed by atoms with E-state index in [1.165, 1.54) is 12.8 Å². The van der Waals surface area contributed by atoms with Crippen molar-refractivity contribution in [2.24, 2.45) is 10.9 Å². The zero-order chi connectivity index (χ0) is 21.5. The van der Waals surface area contributed by atoms with E-state index >= 15 is 0 Å². The van der Waals surface area contributed by atoms with Crippen LogP contribution in [0.4, 0.5) is 5.82 Å². The minimum Gasteiger partial charge on any atom is -0.364 e. The number of rotatable bonds is 6. The van der Waals surface area contributed by atoms with Crippen LogP contribution < -0.4 is 10.2 Å². The first-order valence-electron chi connectivity index (χ1n) is 11.6. The van der Waals surface area contributed by atoms with Crippen molar-refractivity contribution >= 4 is 35.8 Å².